The highest BCUT2D eigenvalue weighted by molar-refractivity contribution is 5.81. The molecule has 0 aromatic heterocycles. The van der Waals surface area contributed by atoms with Crippen LogP contribution in [0.15, 0.2) is 24.3 Å². The van der Waals surface area contributed by atoms with Gasteiger partial charge in [0.25, 0.3) is 5.91 Å². The number of aryl methyl sites for hydroxylation is 1. The molecule has 0 aliphatic heterocycles. The minimum absolute atomic E-state index is 0.0715. The van der Waals surface area contributed by atoms with Crippen molar-refractivity contribution >= 4 is 5.91 Å². The molecule has 0 aliphatic rings. The lowest BCUT2D eigenvalue weighted by Gasteiger charge is -2.27. The van der Waals surface area contributed by atoms with E-state index in [2.05, 4.69) is 19.2 Å². The molecule has 1 N–H and O–H groups in total. The fourth-order valence-corrected chi connectivity index (χ4v) is 1.68. The van der Waals surface area contributed by atoms with Gasteiger partial charge in [0.2, 0.25) is 0 Å². The summed E-state index contributed by atoms with van der Waals surface area (Å²) >= 11 is 0. The van der Waals surface area contributed by atoms with Crippen LogP contribution in [0.5, 0.6) is 5.75 Å². The first kappa shape index (κ1) is 15.5. The maximum atomic E-state index is 12.1. The van der Waals surface area contributed by atoms with Gasteiger partial charge in [-0.3, -0.25) is 4.79 Å². The molecule has 1 aromatic carbocycles. The van der Waals surface area contributed by atoms with Gasteiger partial charge < -0.3 is 10.1 Å². The first-order valence-corrected chi connectivity index (χ1v) is 6.96. The summed E-state index contributed by atoms with van der Waals surface area (Å²) in [5.74, 6) is 0.722. The molecule has 1 rings (SSSR count). The van der Waals surface area contributed by atoms with E-state index in [1.165, 1.54) is 0 Å². The molecule has 0 aliphatic carbocycles. The highest BCUT2D eigenvalue weighted by Gasteiger charge is 2.23. The van der Waals surface area contributed by atoms with Crippen molar-refractivity contribution in [3.63, 3.8) is 0 Å². The maximum absolute atomic E-state index is 12.1. The van der Waals surface area contributed by atoms with Crippen molar-refractivity contribution in [3.05, 3.63) is 29.8 Å². The van der Waals surface area contributed by atoms with Crippen molar-refractivity contribution in [2.45, 2.75) is 59.1 Å². The second kappa shape index (κ2) is 6.60. The average molecular weight is 263 g/mol. The molecule has 0 saturated carbocycles. The fraction of sp³-hybridized carbons (Fsp3) is 0.562. The summed E-state index contributed by atoms with van der Waals surface area (Å²) < 4.78 is 5.78. The van der Waals surface area contributed by atoms with E-state index in [1.807, 2.05) is 38.1 Å². The highest BCUT2D eigenvalue weighted by atomic mass is 16.5. The van der Waals surface area contributed by atoms with E-state index >= 15 is 0 Å². The molecule has 1 unspecified atom stereocenters. The minimum Gasteiger partial charge on any atom is -0.481 e. The quantitative estimate of drug-likeness (QED) is 0.855. The Balaban J connectivity index is 2.69. The van der Waals surface area contributed by atoms with Crippen LogP contribution in [-0.4, -0.2) is 17.6 Å². The molecule has 0 saturated heterocycles. The number of benzene rings is 1. The van der Waals surface area contributed by atoms with Gasteiger partial charge in [0.15, 0.2) is 6.10 Å². The standard InChI is InChI=1S/C16H25NO2/c1-6-13-10-8-9-11-14(13)19-12(3)15(18)17-16(4,5)7-2/h8-12H,6-7H2,1-5H3,(H,17,18). The molecular weight excluding hydrogens is 238 g/mol. The van der Waals surface area contributed by atoms with E-state index in [9.17, 15) is 4.79 Å². The SMILES string of the molecule is CCc1ccccc1OC(C)C(=O)NC(C)(C)CC. The monoisotopic (exact) mass is 263 g/mol. The van der Waals surface area contributed by atoms with Crippen molar-refractivity contribution < 1.29 is 9.53 Å². The Kier molecular flexibility index (Phi) is 5.40. The van der Waals surface area contributed by atoms with Crippen LogP contribution in [0.4, 0.5) is 0 Å². The molecule has 3 heteroatoms. The minimum atomic E-state index is -0.487. The fourth-order valence-electron chi connectivity index (χ4n) is 1.68. The van der Waals surface area contributed by atoms with Gasteiger partial charge >= 0.3 is 0 Å². The van der Waals surface area contributed by atoms with Gasteiger partial charge in [-0.15, -0.1) is 0 Å². The molecule has 0 heterocycles. The zero-order valence-electron chi connectivity index (χ0n) is 12.6. The number of ether oxygens (including phenoxy) is 1. The number of amides is 1. The molecule has 19 heavy (non-hydrogen) atoms. The Morgan fingerprint density at radius 1 is 1.32 bits per heavy atom. The van der Waals surface area contributed by atoms with Crippen LogP contribution < -0.4 is 10.1 Å². The van der Waals surface area contributed by atoms with Crippen molar-refractivity contribution in [3.8, 4) is 5.75 Å². The van der Waals surface area contributed by atoms with Crippen LogP contribution in [0.2, 0.25) is 0 Å². The summed E-state index contributed by atoms with van der Waals surface area (Å²) in [5.41, 5.74) is 0.927. The lowest BCUT2D eigenvalue weighted by atomic mass is 10.0. The van der Waals surface area contributed by atoms with Gasteiger partial charge in [0, 0.05) is 5.54 Å². The van der Waals surface area contributed by atoms with Crippen molar-refractivity contribution in [1.29, 1.82) is 0 Å². The smallest absolute Gasteiger partial charge is 0.261 e. The van der Waals surface area contributed by atoms with Gasteiger partial charge in [-0.2, -0.15) is 0 Å². The normalized spacial score (nSPS) is 12.9. The van der Waals surface area contributed by atoms with Crippen LogP contribution >= 0.6 is 0 Å². The highest BCUT2D eigenvalue weighted by Crippen LogP contribution is 2.20. The molecule has 0 spiro atoms. The molecule has 0 fully saturated rings. The Hall–Kier alpha value is -1.51. The molecule has 1 atom stereocenters. The molecule has 3 nitrogen and oxygen atoms in total. The van der Waals surface area contributed by atoms with Gasteiger partial charge in [0.05, 0.1) is 0 Å². The predicted octanol–water partition coefficient (Wildman–Crippen LogP) is 3.32. The van der Waals surface area contributed by atoms with Crippen LogP contribution in [0.25, 0.3) is 0 Å². The second-order valence-corrected chi connectivity index (χ2v) is 5.45. The van der Waals surface area contributed by atoms with E-state index in [0.29, 0.717) is 0 Å². The molecule has 1 aromatic rings. The first-order valence-electron chi connectivity index (χ1n) is 6.96. The zero-order chi connectivity index (χ0) is 14.5. The predicted molar refractivity (Wildman–Crippen MR) is 78.4 cm³/mol. The number of hydrogen-bond acceptors (Lipinski definition) is 2. The third-order valence-corrected chi connectivity index (χ3v) is 3.37. The summed E-state index contributed by atoms with van der Waals surface area (Å²) in [5, 5.41) is 3.00. The number of carbonyl (C=O) groups excluding carboxylic acids is 1. The van der Waals surface area contributed by atoms with E-state index in [4.69, 9.17) is 4.74 Å². The van der Waals surface area contributed by atoms with Crippen LogP contribution in [0.3, 0.4) is 0 Å². The number of rotatable bonds is 6. The molecular formula is C16H25NO2. The van der Waals surface area contributed by atoms with Crippen LogP contribution in [0.1, 0.15) is 46.6 Å². The molecule has 1 amide bonds. The topological polar surface area (TPSA) is 38.3 Å². The zero-order valence-corrected chi connectivity index (χ0v) is 12.6. The summed E-state index contributed by atoms with van der Waals surface area (Å²) in [6, 6.07) is 7.84. The van der Waals surface area contributed by atoms with Crippen LogP contribution in [0, 0.1) is 0 Å². The maximum Gasteiger partial charge on any atom is 0.261 e. The number of carbonyl (C=O) groups is 1. The van der Waals surface area contributed by atoms with Gasteiger partial charge in [-0.25, -0.2) is 0 Å². The summed E-state index contributed by atoms with van der Waals surface area (Å²) in [4.78, 5) is 12.1. The van der Waals surface area contributed by atoms with Crippen molar-refractivity contribution in [2.24, 2.45) is 0 Å². The molecule has 0 bridgehead atoms. The van der Waals surface area contributed by atoms with Gasteiger partial charge in [0.1, 0.15) is 5.75 Å². The lowest BCUT2D eigenvalue weighted by molar-refractivity contribution is -0.129. The summed E-state index contributed by atoms with van der Waals surface area (Å²) in [6.45, 7) is 9.94. The van der Waals surface area contributed by atoms with E-state index in [-0.39, 0.29) is 11.4 Å². The second-order valence-electron chi connectivity index (χ2n) is 5.45. The number of nitrogens with one attached hydrogen (secondary N) is 1. The third-order valence-electron chi connectivity index (χ3n) is 3.37. The Morgan fingerprint density at radius 2 is 1.95 bits per heavy atom. The Morgan fingerprint density at radius 3 is 2.53 bits per heavy atom. The van der Waals surface area contributed by atoms with E-state index < -0.39 is 6.10 Å². The third kappa shape index (κ3) is 4.58. The van der Waals surface area contributed by atoms with Gasteiger partial charge in [-0.1, -0.05) is 32.0 Å². The largest absolute Gasteiger partial charge is 0.481 e. The van der Waals surface area contributed by atoms with Crippen molar-refractivity contribution in [2.75, 3.05) is 0 Å². The average Bonchev–Trinajstić information content (AvgIpc) is 2.38. The Bertz CT molecular complexity index is 427. The van der Waals surface area contributed by atoms with Crippen molar-refractivity contribution in [1.82, 2.24) is 5.32 Å². The number of hydrogen-bond donors (Lipinski definition) is 1. The molecule has 106 valence electrons. The Labute approximate surface area is 116 Å². The lowest BCUT2D eigenvalue weighted by Crippen LogP contribution is -2.48. The first-order chi connectivity index (χ1) is 8.89. The summed E-state index contributed by atoms with van der Waals surface area (Å²) in [6.07, 6.45) is 1.29. The van der Waals surface area contributed by atoms with Crippen LogP contribution in [-0.2, 0) is 11.2 Å². The summed E-state index contributed by atoms with van der Waals surface area (Å²) in [7, 11) is 0. The van der Waals surface area contributed by atoms with E-state index in [0.717, 1.165) is 24.2 Å². The molecule has 0 radical (unpaired) electrons. The van der Waals surface area contributed by atoms with Gasteiger partial charge in [-0.05, 0) is 45.2 Å². The van der Waals surface area contributed by atoms with E-state index in [1.54, 1.807) is 6.92 Å². The number of para-hydroxylation sites is 1.